The van der Waals surface area contributed by atoms with Gasteiger partial charge >= 0.3 is 35.6 Å². The van der Waals surface area contributed by atoms with Crippen LogP contribution < -0.4 is 0 Å². The molecule has 0 aliphatic heterocycles. The van der Waals surface area contributed by atoms with E-state index in [0.29, 0.717) is 0 Å². The summed E-state index contributed by atoms with van der Waals surface area (Å²) in [5, 5.41) is 0. The van der Waals surface area contributed by atoms with Crippen LogP contribution in [-0.2, 0) is 17.0 Å². The maximum absolute atomic E-state index is 4.89. The third-order valence-corrected chi connectivity index (χ3v) is 2.89. The fraction of sp³-hybridized carbons (Fsp3) is 0.846. The van der Waals surface area contributed by atoms with Gasteiger partial charge in [-0.05, 0) is 5.92 Å². The molecule has 16 heavy (non-hydrogen) atoms. The van der Waals surface area contributed by atoms with Gasteiger partial charge < -0.3 is 14.9 Å². The van der Waals surface area contributed by atoms with Crippen LogP contribution in [0.25, 0.3) is 0 Å². The molecule has 0 amide bonds. The van der Waals surface area contributed by atoms with Crippen molar-refractivity contribution < 1.29 is 17.0 Å². The van der Waals surface area contributed by atoms with Gasteiger partial charge in [0.05, 0.1) is 0 Å². The van der Waals surface area contributed by atoms with E-state index in [-0.39, 0.29) is 14.9 Å². The van der Waals surface area contributed by atoms with Gasteiger partial charge in [0.1, 0.15) is 0 Å². The molecule has 0 unspecified atom stereocenters. The topological polar surface area (TPSA) is 0 Å². The molecule has 0 aromatic heterocycles. The number of hydrogen-bond donors (Lipinski definition) is 0. The Kier molecular flexibility index (Phi) is 26.2. The number of rotatable bonds is 0. The quantitative estimate of drug-likeness (QED) is 0.357. The van der Waals surface area contributed by atoms with Gasteiger partial charge in [-0.15, -0.1) is 0 Å². The minimum absolute atomic E-state index is 0. The van der Waals surface area contributed by atoms with Gasteiger partial charge in [0, 0.05) is 0 Å². The standard InChI is InChI=1S/C6H12.C5H10.2CH3.2ClH.Ti/c1-6-4-2-3-5-6;1-2-4-5-3-1;;;;;/h6H,2-5H2,1H3;1-5H2;2*1H3;2*1H;/q;;2*-1;;;+2/p-2. The Morgan fingerprint density at radius 1 is 0.750 bits per heavy atom. The summed E-state index contributed by atoms with van der Waals surface area (Å²) in [6.45, 7) is 2.34. The van der Waals surface area contributed by atoms with Crippen LogP contribution >= 0.6 is 18.6 Å². The average Bonchev–Trinajstić information content (AvgIpc) is 2.78. The molecule has 0 aromatic rings. The van der Waals surface area contributed by atoms with E-state index in [1.807, 2.05) is 0 Å². The molecule has 0 heterocycles. The van der Waals surface area contributed by atoms with Gasteiger partial charge in [-0.3, -0.25) is 0 Å². The van der Waals surface area contributed by atoms with E-state index in [4.69, 9.17) is 18.6 Å². The summed E-state index contributed by atoms with van der Waals surface area (Å²) in [6.07, 6.45) is 13.4. The van der Waals surface area contributed by atoms with Crippen LogP contribution in [-0.4, -0.2) is 0 Å². The third kappa shape index (κ3) is 17.7. The molecule has 2 rings (SSSR count). The first-order valence-corrected chi connectivity index (χ1v) is 10.1. The summed E-state index contributed by atoms with van der Waals surface area (Å²) in [5.41, 5.74) is 0. The predicted molar refractivity (Wildman–Crippen MR) is 75.3 cm³/mol. The van der Waals surface area contributed by atoms with Crippen molar-refractivity contribution in [1.29, 1.82) is 0 Å². The van der Waals surface area contributed by atoms with E-state index in [2.05, 4.69) is 6.92 Å². The van der Waals surface area contributed by atoms with Gasteiger partial charge in [0.25, 0.3) is 0 Å². The molecule has 0 aromatic carbocycles. The van der Waals surface area contributed by atoms with Crippen molar-refractivity contribution in [2.75, 3.05) is 0 Å². The van der Waals surface area contributed by atoms with Crippen molar-refractivity contribution in [2.24, 2.45) is 5.92 Å². The second-order valence-electron chi connectivity index (χ2n) is 4.23. The van der Waals surface area contributed by atoms with E-state index in [1.165, 1.54) is 57.8 Å². The second-order valence-corrected chi connectivity index (χ2v) is 6.81. The van der Waals surface area contributed by atoms with E-state index in [9.17, 15) is 0 Å². The maximum atomic E-state index is 4.89. The normalized spacial score (nSPS) is 17.9. The Morgan fingerprint density at radius 2 is 1.00 bits per heavy atom. The van der Waals surface area contributed by atoms with Gasteiger partial charge in [-0.25, -0.2) is 0 Å². The fourth-order valence-electron chi connectivity index (χ4n) is 2.01. The molecule has 0 saturated heterocycles. The first-order chi connectivity index (χ1) is 6.81. The molecule has 0 bridgehead atoms. The Balaban J connectivity index is -0.000000157. The second kappa shape index (κ2) is 18.7. The molecule has 2 fully saturated rings. The summed E-state index contributed by atoms with van der Waals surface area (Å²) in [5.74, 6) is 1.05. The first kappa shape index (κ1) is 22.5. The van der Waals surface area contributed by atoms with Crippen LogP contribution in [0.2, 0.25) is 0 Å². The van der Waals surface area contributed by atoms with Crippen LogP contribution in [0.15, 0.2) is 0 Å². The van der Waals surface area contributed by atoms with Crippen LogP contribution in [0.4, 0.5) is 0 Å². The zero-order valence-corrected chi connectivity index (χ0v) is 14.3. The van der Waals surface area contributed by atoms with E-state index in [1.54, 1.807) is 0 Å². The molecule has 0 spiro atoms. The summed E-state index contributed by atoms with van der Waals surface area (Å²) < 4.78 is 0. The molecular formula is C13H28Cl2Ti-2. The molecule has 100 valence electrons. The Labute approximate surface area is 121 Å². The van der Waals surface area contributed by atoms with Crippen LogP contribution in [0.1, 0.15) is 64.7 Å². The zero-order chi connectivity index (χ0) is 10.6. The monoisotopic (exact) mass is 302 g/mol. The summed E-state index contributed by atoms with van der Waals surface area (Å²) in [6, 6.07) is 0. The molecule has 3 heteroatoms. The Bertz CT molecular complexity index is 92.5. The van der Waals surface area contributed by atoms with E-state index in [0.717, 1.165) is 5.92 Å². The molecule has 2 saturated carbocycles. The Hall–Kier alpha value is 1.29. The molecule has 2 aliphatic rings. The minimum atomic E-state index is -0.556. The molecule has 0 N–H and O–H groups in total. The average molecular weight is 303 g/mol. The SMILES string of the molecule is C1CCCC1.CC1CCCC1.[CH3-].[CH3-].[Cl][Ti][Cl]. The van der Waals surface area contributed by atoms with Gasteiger partial charge in [0.2, 0.25) is 0 Å². The van der Waals surface area contributed by atoms with E-state index < -0.39 is 17.0 Å². The first-order valence-electron chi connectivity index (χ1n) is 5.77. The van der Waals surface area contributed by atoms with Gasteiger partial charge in [-0.2, -0.15) is 0 Å². The molecule has 0 atom stereocenters. The molecular weight excluding hydrogens is 275 g/mol. The molecule has 0 radical (unpaired) electrons. The summed E-state index contributed by atoms with van der Waals surface area (Å²) in [4.78, 5) is 0. The van der Waals surface area contributed by atoms with E-state index >= 15 is 0 Å². The number of hydrogen-bond acceptors (Lipinski definition) is 0. The van der Waals surface area contributed by atoms with Crippen LogP contribution in [0, 0.1) is 20.8 Å². The molecule has 0 nitrogen and oxygen atoms in total. The zero-order valence-electron chi connectivity index (χ0n) is 11.2. The van der Waals surface area contributed by atoms with Gasteiger partial charge in [-0.1, -0.05) is 64.7 Å². The molecule has 2 aliphatic carbocycles. The van der Waals surface area contributed by atoms with Crippen molar-refractivity contribution in [3.63, 3.8) is 0 Å². The van der Waals surface area contributed by atoms with Crippen molar-refractivity contribution in [2.45, 2.75) is 64.7 Å². The van der Waals surface area contributed by atoms with Crippen molar-refractivity contribution >= 4 is 18.6 Å². The predicted octanol–water partition coefficient (Wildman–Crippen LogP) is 6.42. The number of halogens is 2. The van der Waals surface area contributed by atoms with Crippen molar-refractivity contribution in [3.05, 3.63) is 14.9 Å². The van der Waals surface area contributed by atoms with Crippen molar-refractivity contribution in [3.8, 4) is 0 Å². The van der Waals surface area contributed by atoms with Crippen molar-refractivity contribution in [1.82, 2.24) is 0 Å². The Morgan fingerprint density at radius 3 is 1.12 bits per heavy atom. The summed E-state index contributed by atoms with van der Waals surface area (Å²) >= 11 is -0.556. The fourth-order valence-corrected chi connectivity index (χ4v) is 2.01. The van der Waals surface area contributed by atoms with Crippen LogP contribution in [0.3, 0.4) is 0 Å². The van der Waals surface area contributed by atoms with Crippen LogP contribution in [0.5, 0.6) is 0 Å². The third-order valence-electron chi connectivity index (χ3n) is 2.89. The summed E-state index contributed by atoms with van der Waals surface area (Å²) in [7, 11) is 9.78. The van der Waals surface area contributed by atoms with Gasteiger partial charge in [0.15, 0.2) is 0 Å².